The number of nitrogens with zero attached hydrogens (tertiary/aromatic N) is 1. The molecule has 22 heavy (non-hydrogen) atoms. The zero-order chi connectivity index (χ0) is 15.9. The maximum Gasteiger partial charge on any atom is 0.315 e. The Morgan fingerprint density at radius 2 is 2.05 bits per heavy atom. The Labute approximate surface area is 129 Å². The van der Waals surface area contributed by atoms with Crippen LogP contribution < -0.4 is 10.6 Å². The number of benzene rings is 1. The molecule has 5 nitrogen and oxygen atoms in total. The van der Waals surface area contributed by atoms with Gasteiger partial charge in [0.25, 0.3) is 5.91 Å². The van der Waals surface area contributed by atoms with Crippen LogP contribution in [0.4, 0.5) is 9.18 Å². The lowest BCUT2D eigenvalue weighted by Crippen LogP contribution is -2.49. The van der Waals surface area contributed by atoms with Crippen LogP contribution in [-0.2, 0) is 0 Å². The Hall–Kier alpha value is -2.11. The Kier molecular flexibility index (Phi) is 5.75. The minimum Gasteiger partial charge on any atom is -0.338 e. The number of amides is 3. The van der Waals surface area contributed by atoms with Gasteiger partial charge in [0, 0.05) is 31.2 Å². The lowest BCUT2D eigenvalue weighted by atomic mass is 10.0. The van der Waals surface area contributed by atoms with Gasteiger partial charge in [-0.25, -0.2) is 9.18 Å². The van der Waals surface area contributed by atoms with E-state index in [0.717, 1.165) is 6.42 Å². The van der Waals surface area contributed by atoms with Gasteiger partial charge in [-0.1, -0.05) is 13.0 Å². The summed E-state index contributed by atoms with van der Waals surface area (Å²) in [5.41, 5.74) is 0.368. The zero-order valence-electron chi connectivity index (χ0n) is 12.8. The van der Waals surface area contributed by atoms with E-state index in [9.17, 15) is 14.0 Å². The smallest absolute Gasteiger partial charge is 0.315 e. The van der Waals surface area contributed by atoms with Gasteiger partial charge in [-0.15, -0.1) is 0 Å². The summed E-state index contributed by atoms with van der Waals surface area (Å²) in [6.45, 7) is 3.78. The molecule has 1 aliphatic rings. The molecule has 0 aliphatic carbocycles. The summed E-state index contributed by atoms with van der Waals surface area (Å²) in [6, 6.07) is 5.65. The summed E-state index contributed by atoms with van der Waals surface area (Å²) in [4.78, 5) is 25.6. The first-order valence-corrected chi connectivity index (χ1v) is 7.69. The van der Waals surface area contributed by atoms with E-state index in [1.165, 1.54) is 18.2 Å². The molecule has 1 aliphatic heterocycles. The molecule has 0 unspecified atom stereocenters. The minimum atomic E-state index is -0.407. The van der Waals surface area contributed by atoms with E-state index in [-0.39, 0.29) is 18.0 Å². The predicted octanol–water partition coefficient (Wildman–Crippen LogP) is 2.14. The van der Waals surface area contributed by atoms with Crippen molar-refractivity contribution in [2.75, 3.05) is 19.6 Å². The van der Waals surface area contributed by atoms with Crippen LogP contribution in [0, 0.1) is 5.82 Å². The molecule has 1 saturated heterocycles. The number of nitrogens with one attached hydrogen (secondary N) is 2. The monoisotopic (exact) mass is 307 g/mol. The molecule has 0 aromatic heterocycles. The summed E-state index contributed by atoms with van der Waals surface area (Å²) in [6.07, 6.45) is 2.31. The molecule has 0 saturated carbocycles. The molecule has 2 rings (SSSR count). The number of hydrogen-bond acceptors (Lipinski definition) is 2. The molecule has 120 valence electrons. The van der Waals surface area contributed by atoms with Gasteiger partial charge in [-0.3, -0.25) is 4.79 Å². The van der Waals surface area contributed by atoms with E-state index in [1.807, 2.05) is 6.92 Å². The number of halogens is 1. The topological polar surface area (TPSA) is 61.4 Å². The standard InChI is InChI=1S/C16H22FN3O2/c1-2-8-18-16(22)19-14-6-9-20(10-7-14)15(21)12-4-3-5-13(17)11-12/h3-5,11,14H,2,6-10H2,1H3,(H2,18,19,22). The Balaban J connectivity index is 1.82. The van der Waals surface area contributed by atoms with Crippen LogP contribution in [0.25, 0.3) is 0 Å². The van der Waals surface area contributed by atoms with Crippen molar-refractivity contribution in [2.24, 2.45) is 0 Å². The fraction of sp³-hybridized carbons (Fsp3) is 0.500. The fourth-order valence-electron chi connectivity index (χ4n) is 2.51. The summed E-state index contributed by atoms with van der Waals surface area (Å²) in [5.74, 6) is -0.566. The van der Waals surface area contributed by atoms with Crippen LogP contribution in [0.3, 0.4) is 0 Å². The van der Waals surface area contributed by atoms with Crippen molar-refractivity contribution < 1.29 is 14.0 Å². The van der Waals surface area contributed by atoms with Crippen molar-refractivity contribution in [2.45, 2.75) is 32.2 Å². The second-order valence-electron chi connectivity index (χ2n) is 5.48. The molecule has 2 N–H and O–H groups in total. The highest BCUT2D eigenvalue weighted by atomic mass is 19.1. The molecule has 0 bridgehead atoms. The number of rotatable bonds is 4. The lowest BCUT2D eigenvalue weighted by molar-refractivity contribution is 0.0708. The summed E-state index contributed by atoms with van der Waals surface area (Å²) in [5, 5.41) is 5.69. The first-order valence-electron chi connectivity index (χ1n) is 7.69. The first-order chi connectivity index (χ1) is 10.6. The van der Waals surface area contributed by atoms with Gasteiger partial charge in [-0.2, -0.15) is 0 Å². The highest BCUT2D eigenvalue weighted by Gasteiger charge is 2.24. The number of likely N-dealkylation sites (tertiary alicyclic amines) is 1. The second kappa shape index (κ2) is 7.77. The molecular weight excluding hydrogens is 285 g/mol. The maximum absolute atomic E-state index is 13.2. The molecule has 0 spiro atoms. The SMILES string of the molecule is CCCNC(=O)NC1CCN(C(=O)c2cccc(F)c2)CC1. The van der Waals surface area contributed by atoms with Crippen LogP contribution in [0.1, 0.15) is 36.5 Å². The lowest BCUT2D eigenvalue weighted by Gasteiger charge is -2.32. The number of carbonyl (C=O) groups is 2. The van der Waals surface area contributed by atoms with Crippen molar-refractivity contribution in [3.05, 3.63) is 35.6 Å². The molecule has 0 radical (unpaired) electrons. The van der Waals surface area contributed by atoms with Gasteiger partial charge in [0.05, 0.1) is 0 Å². The Bertz CT molecular complexity index is 528. The van der Waals surface area contributed by atoms with Crippen LogP contribution in [0.2, 0.25) is 0 Å². The van der Waals surface area contributed by atoms with Gasteiger partial charge >= 0.3 is 6.03 Å². The zero-order valence-corrected chi connectivity index (χ0v) is 12.8. The number of hydrogen-bond donors (Lipinski definition) is 2. The van der Waals surface area contributed by atoms with Crippen LogP contribution in [0.5, 0.6) is 0 Å². The third-order valence-electron chi connectivity index (χ3n) is 3.72. The Morgan fingerprint density at radius 3 is 2.68 bits per heavy atom. The van der Waals surface area contributed by atoms with Crippen molar-refractivity contribution >= 4 is 11.9 Å². The van der Waals surface area contributed by atoms with E-state index >= 15 is 0 Å². The van der Waals surface area contributed by atoms with Crippen LogP contribution in [-0.4, -0.2) is 42.5 Å². The molecular formula is C16H22FN3O2. The van der Waals surface area contributed by atoms with E-state index < -0.39 is 5.82 Å². The number of urea groups is 1. The molecule has 1 aromatic rings. The molecule has 6 heteroatoms. The molecule has 1 heterocycles. The van der Waals surface area contributed by atoms with E-state index in [2.05, 4.69) is 10.6 Å². The van der Waals surface area contributed by atoms with Crippen LogP contribution in [0.15, 0.2) is 24.3 Å². The van der Waals surface area contributed by atoms with Gasteiger partial charge < -0.3 is 15.5 Å². The van der Waals surface area contributed by atoms with Crippen molar-refractivity contribution in [3.8, 4) is 0 Å². The van der Waals surface area contributed by atoms with Gasteiger partial charge in [-0.05, 0) is 37.5 Å². The average molecular weight is 307 g/mol. The molecule has 1 aromatic carbocycles. The van der Waals surface area contributed by atoms with Gasteiger partial charge in [0.15, 0.2) is 0 Å². The number of piperidine rings is 1. The normalized spacial score (nSPS) is 15.5. The summed E-state index contributed by atoms with van der Waals surface area (Å²) in [7, 11) is 0. The van der Waals surface area contributed by atoms with E-state index in [0.29, 0.717) is 38.0 Å². The van der Waals surface area contributed by atoms with E-state index in [1.54, 1.807) is 11.0 Å². The van der Waals surface area contributed by atoms with Crippen LogP contribution >= 0.6 is 0 Å². The minimum absolute atomic E-state index is 0.0772. The Morgan fingerprint density at radius 1 is 1.32 bits per heavy atom. The largest absolute Gasteiger partial charge is 0.338 e. The molecule has 3 amide bonds. The van der Waals surface area contributed by atoms with Crippen molar-refractivity contribution in [1.82, 2.24) is 15.5 Å². The predicted molar refractivity (Wildman–Crippen MR) is 82.2 cm³/mol. The molecule has 0 atom stereocenters. The summed E-state index contributed by atoms with van der Waals surface area (Å²) < 4.78 is 13.2. The van der Waals surface area contributed by atoms with Gasteiger partial charge in [0.2, 0.25) is 0 Å². The highest BCUT2D eigenvalue weighted by molar-refractivity contribution is 5.94. The maximum atomic E-state index is 13.2. The van der Waals surface area contributed by atoms with Crippen molar-refractivity contribution in [3.63, 3.8) is 0 Å². The second-order valence-corrected chi connectivity index (χ2v) is 5.48. The van der Waals surface area contributed by atoms with Crippen molar-refractivity contribution in [1.29, 1.82) is 0 Å². The van der Waals surface area contributed by atoms with E-state index in [4.69, 9.17) is 0 Å². The highest BCUT2D eigenvalue weighted by Crippen LogP contribution is 2.14. The quantitative estimate of drug-likeness (QED) is 0.895. The number of carbonyl (C=O) groups excluding carboxylic acids is 2. The fourth-order valence-corrected chi connectivity index (χ4v) is 2.51. The first kappa shape index (κ1) is 16.3. The molecule has 1 fully saturated rings. The average Bonchev–Trinajstić information content (AvgIpc) is 2.53. The van der Waals surface area contributed by atoms with Gasteiger partial charge in [0.1, 0.15) is 5.82 Å². The third-order valence-corrected chi connectivity index (χ3v) is 3.72. The summed E-state index contributed by atoms with van der Waals surface area (Å²) >= 11 is 0. The third kappa shape index (κ3) is 4.44.